The number of pyridine rings is 1. The van der Waals surface area contributed by atoms with Crippen LogP contribution < -0.4 is 10.2 Å². The summed E-state index contributed by atoms with van der Waals surface area (Å²) in [5, 5.41) is 4.64. The molecule has 0 unspecified atom stereocenters. The first-order chi connectivity index (χ1) is 16.1. The van der Waals surface area contributed by atoms with Gasteiger partial charge in [-0.05, 0) is 39.0 Å². The van der Waals surface area contributed by atoms with E-state index in [9.17, 15) is 14.4 Å². The molecule has 34 heavy (non-hydrogen) atoms. The van der Waals surface area contributed by atoms with Crippen LogP contribution in [-0.2, 0) is 23.8 Å². The zero-order valence-corrected chi connectivity index (χ0v) is 20.1. The van der Waals surface area contributed by atoms with Crippen molar-refractivity contribution in [2.45, 2.75) is 26.4 Å². The molecule has 2 aromatic rings. The Morgan fingerprint density at radius 1 is 1.00 bits per heavy atom. The van der Waals surface area contributed by atoms with E-state index < -0.39 is 17.5 Å². The fourth-order valence-electron chi connectivity index (χ4n) is 3.59. The number of rotatable bonds is 5. The molecule has 1 N–H and O–H groups in total. The van der Waals surface area contributed by atoms with E-state index in [1.54, 1.807) is 17.3 Å². The first-order valence-electron chi connectivity index (χ1n) is 10.9. The van der Waals surface area contributed by atoms with Gasteiger partial charge in [0.05, 0.1) is 20.3 Å². The monoisotopic (exact) mass is 470 g/mol. The first kappa shape index (κ1) is 24.8. The number of hydrogen-bond acceptors (Lipinski definition) is 9. The number of amides is 1. The molecule has 10 heteroatoms. The molecule has 10 nitrogen and oxygen atoms in total. The standard InChI is InChI=1S/C24H30N4O6/c1-24(2,3)34-23(31)28-12-10-27(11-13-28)20-7-6-18(17-15-25-9-8-16(17)20)26-19(22(30)33-5)14-21(29)32-4/h6-9,14-15,26H,10-13H2,1-5H3/b19-14+. The van der Waals surface area contributed by atoms with E-state index in [0.717, 1.165) is 22.5 Å². The van der Waals surface area contributed by atoms with Crippen molar-refractivity contribution in [1.82, 2.24) is 9.88 Å². The highest BCUT2D eigenvalue weighted by atomic mass is 16.6. The van der Waals surface area contributed by atoms with E-state index in [2.05, 4.69) is 19.9 Å². The van der Waals surface area contributed by atoms with E-state index >= 15 is 0 Å². The molecule has 0 aliphatic carbocycles. The lowest BCUT2D eigenvalue weighted by Crippen LogP contribution is -2.50. The highest BCUT2D eigenvalue weighted by molar-refractivity contribution is 6.05. The molecule has 1 aromatic carbocycles. The lowest BCUT2D eigenvalue weighted by atomic mass is 10.1. The number of hydrogen-bond donors (Lipinski definition) is 1. The smallest absolute Gasteiger partial charge is 0.410 e. The molecular formula is C24H30N4O6. The second-order valence-corrected chi connectivity index (χ2v) is 8.71. The highest BCUT2D eigenvalue weighted by Gasteiger charge is 2.27. The Morgan fingerprint density at radius 3 is 2.32 bits per heavy atom. The maximum atomic E-state index is 12.4. The molecule has 1 aliphatic rings. The second kappa shape index (κ2) is 10.4. The number of methoxy groups -OCH3 is 2. The van der Waals surface area contributed by atoms with Crippen molar-refractivity contribution in [2.24, 2.45) is 0 Å². The van der Waals surface area contributed by atoms with Gasteiger partial charge in [-0.1, -0.05) is 0 Å². The minimum atomic E-state index is -0.704. The van der Waals surface area contributed by atoms with Crippen molar-refractivity contribution >= 4 is 40.2 Å². The number of aromatic nitrogens is 1. The zero-order chi connectivity index (χ0) is 24.9. The molecule has 1 fully saturated rings. The Morgan fingerprint density at radius 2 is 1.71 bits per heavy atom. The van der Waals surface area contributed by atoms with Crippen LogP contribution in [0.15, 0.2) is 42.4 Å². The number of esters is 2. The van der Waals surface area contributed by atoms with E-state index in [0.29, 0.717) is 31.9 Å². The number of carbonyl (C=O) groups excluding carboxylic acids is 3. The van der Waals surface area contributed by atoms with Crippen LogP contribution >= 0.6 is 0 Å². The zero-order valence-electron chi connectivity index (χ0n) is 20.1. The van der Waals surface area contributed by atoms with Gasteiger partial charge in [0.15, 0.2) is 0 Å². The first-order valence-corrected chi connectivity index (χ1v) is 10.9. The maximum Gasteiger partial charge on any atom is 0.410 e. The van der Waals surface area contributed by atoms with E-state index in [1.165, 1.54) is 14.2 Å². The normalized spacial score (nSPS) is 14.6. The van der Waals surface area contributed by atoms with Gasteiger partial charge in [0, 0.05) is 60.7 Å². The van der Waals surface area contributed by atoms with Crippen molar-refractivity contribution in [2.75, 3.05) is 50.6 Å². The lowest BCUT2D eigenvalue weighted by molar-refractivity contribution is -0.138. The van der Waals surface area contributed by atoms with E-state index in [1.807, 2.05) is 39.0 Å². The number of carbonyl (C=O) groups is 3. The number of nitrogens with zero attached hydrogens (tertiary/aromatic N) is 3. The van der Waals surface area contributed by atoms with Crippen LogP contribution in [0.3, 0.4) is 0 Å². The summed E-state index contributed by atoms with van der Waals surface area (Å²) in [7, 11) is 2.46. The Bertz CT molecular complexity index is 1100. The average Bonchev–Trinajstić information content (AvgIpc) is 2.82. The Hall–Kier alpha value is -3.82. The van der Waals surface area contributed by atoms with Crippen LogP contribution in [0, 0.1) is 0 Å². The van der Waals surface area contributed by atoms with Crippen molar-refractivity contribution in [3.8, 4) is 0 Å². The number of nitrogens with one attached hydrogen (secondary N) is 1. The number of anilines is 2. The van der Waals surface area contributed by atoms with Crippen LogP contribution in [0.25, 0.3) is 10.8 Å². The molecule has 3 rings (SSSR count). The van der Waals surface area contributed by atoms with Gasteiger partial charge in [-0.2, -0.15) is 0 Å². The third-order valence-corrected chi connectivity index (χ3v) is 5.21. The minimum Gasteiger partial charge on any atom is -0.466 e. The number of ether oxygens (including phenoxy) is 3. The van der Waals surface area contributed by atoms with Gasteiger partial charge in [0.25, 0.3) is 0 Å². The van der Waals surface area contributed by atoms with Crippen molar-refractivity contribution in [3.63, 3.8) is 0 Å². The molecule has 1 amide bonds. The number of benzene rings is 1. The van der Waals surface area contributed by atoms with Gasteiger partial charge < -0.3 is 29.3 Å². The summed E-state index contributed by atoms with van der Waals surface area (Å²) in [6.45, 7) is 7.90. The summed E-state index contributed by atoms with van der Waals surface area (Å²) >= 11 is 0. The summed E-state index contributed by atoms with van der Waals surface area (Å²) in [4.78, 5) is 44.4. The summed E-state index contributed by atoms with van der Waals surface area (Å²) < 4.78 is 14.9. The minimum absolute atomic E-state index is 0.0572. The van der Waals surface area contributed by atoms with Crippen LogP contribution in [0.4, 0.5) is 16.2 Å². The summed E-state index contributed by atoms with van der Waals surface area (Å²) in [6.07, 6.45) is 4.11. The molecule has 0 bridgehead atoms. The Labute approximate surface area is 198 Å². The van der Waals surface area contributed by atoms with Crippen LogP contribution in [-0.4, -0.2) is 73.9 Å². The molecule has 1 aromatic heterocycles. The Kier molecular flexibility index (Phi) is 7.60. The maximum absolute atomic E-state index is 12.4. The molecule has 0 atom stereocenters. The third-order valence-electron chi connectivity index (χ3n) is 5.21. The van der Waals surface area contributed by atoms with Crippen LogP contribution in [0.2, 0.25) is 0 Å². The van der Waals surface area contributed by atoms with E-state index in [-0.39, 0.29) is 11.8 Å². The predicted molar refractivity (Wildman–Crippen MR) is 128 cm³/mol. The topological polar surface area (TPSA) is 110 Å². The number of fused-ring (bicyclic) bond motifs is 1. The van der Waals surface area contributed by atoms with Gasteiger partial charge in [-0.25, -0.2) is 14.4 Å². The molecule has 182 valence electrons. The van der Waals surface area contributed by atoms with Gasteiger partial charge >= 0.3 is 18.0 Å². The van der Waals surface area contributed by atoms with Gasteiger partial charge in [-0.15, -0.1) is 0 Å². The largest absolute Gasteiger partial charge is 0.466 e. The van der Waals surface area contributed by atoms with Crippen molar-refractivity contribution < 1.29 is 28.6 Å². The molecule has 1 saturated heterocycles. The lowest BCUT2D eigenvalue weighted by Gasteiger charge is -2.37. The fourth-order valence-corrected chi connectivity index (χ4v) is 3.59. The summed E-state index contributed by atoms with van der Waals surface area (Å²) in [5.74, 6) is -1.39. The molecule has 2 heterocycles. The van der Waals surface area contributed by atoms with Gasteiger partial charge in [0.2, 0.25) is 0 Å². The van der Waals surface area contributed by atoms with Crippen molar-refractivity contribution in [1.29, 1.82) is 0 Å². The average molecular weight is 471 g/mol. The van der Waals surface area contributed by atoms with Gasteiger partial charge in [-0.3, -0.25) is 4.98 Å². The molecule has 1 aliphatic heterocycles. The van der Waals surface area contributed by atoms with E-state index in [4.69, 9.17) is 9.47 Å². The molecule has 0 spiro atoms. The quantitative estimate of drug-likeness (QED) is 0.401. The van der Waals surface area contributed by atoms with Crippen LogP contribution in [0.5, 0.6) is 0 Å². The number of piperazine rings is 1. The second-order valence-electron chi connectivity index (χ2n) is 8.71. The van der Waals surface area contributed by atoms with Crippen molar-refractivity contribution in [3.05, 3.63) is 42.4 Å². The highest BCUT2D eigenvalue weighted by Crippen LogP contribution is 2.33. The predicted octanol–water partition coefficient (Wildman–Crippen LogP) is 2.93. The SMILES string of the molecule is COC(=O)/C=C(/Nc1ccc(N2CCN(C(=O)OC(C)(C)C)CC2)c2ccncc12)C(=O)OC. The van der Waals surface area contributed by atoms with Crippen LogP contribution in [0.1, 0.15) is 20.8 Å². The fraction of sp³-hybridized carbons (Fsp3) is 0.417. The summed E-state index contributed by atoms with van der Waals surface area (Å²) in [6, 6.07) is 5.63. The summed E-state index contributed by atoms with van der Waals surface area (Å²) in [5.41, 5.74) is 0.965. The molecule has 0 saturated carbocycles. The molecular weight excluding hydrogens is 440 g/mol. The third kappa shape index (κ3) is 5.94. The van der Waals surface area contributed by atoms with Gasteiger partial charge in [0.1, 0.15) is 11.3 Å². The molecule has 0 radical (unpaired) electrons. The Balaban J connectivity index is 1.84.